The Kier molecular flexibility index (Phi) is 7.53. The van der Waals surface area contributed by atoms with Gasteiger partial charge in [0.25, 0.3) is 5.91 Å². The van der Waals surface area contributed by atoms with Crippen molar-refractivity contribution in [3.05, 3.63) is 48.2 Å². The number of hydrogen-bond acceptors (Lipinski definition) is 7. The van der Waals surface area contributed by atoms with E-state index in [1.54, 1.807) is 37.5 Å². The first-order valence-electron chi connectivity index (χ1n) is 8.94. The van der Waals surface area contributed by atoms with E-state index in [0.29, 0.717) is 28.5 Å². The highest BCUT2D eigenvalue weighted by molar-refractivity contribution is 7.90. The number of alkyl halides is 3. The van der Waals surface area contributed by atoms with Gasteiger partial charge in [-0.25, -0.2) is 18.2 Å². The molecular weight excluding hydrogens is 467 g/mol. The van der Waals surface area contributed by atoms with Gasteiger partial charge in [0.2, 0.25) is 0 Å². The summed E-state index contributed by atoms with van der Waals surface area (Å²) in [4.78, 5) is 36.5. The number of pyridine rings is 2. The zero-order chi connectivity index (χ0) is 25.0. The van der Waals surface area contributed by atoms with E-state index < -0.39 is 22.0 Å². The average molecular weight is 485 g/mol. The topological polar surface area (TPSA) is 155 Å². The van der Waals surface area contributed by atoms with E-state index >= 15 is 0 Å². The third-order valence-electron chi connectivity index (χ3n) is 4.05. The van der Waals surface area contributed by atoms with Crippen LogP contribution in [0.2, 0.25) is 0 Å². The van der Waals surface area contributed by atoms with Crippen molar-refractivity contribution in [1.29, 1.82) is 0 Å². The minimum atomic E-state index is -5.08. The summed E-state index contributed by atoms with van der Waals surface area (Å²) >= 11 is 0. The minimum absolute atomic E-state index is 0.143. The molecule has 0 spiro atoms. The molecule has 0 aliphatic heterocycles. The second kappa shape index (κ2) is 9.77. The Balaban J connectivity index is 0.000000479. The van der Waals surface area contributed by atoms with E-state index in [2.05, 4.69) is 25.3 Å². The van der Waals surface area contributed by atoms with Gasteiger partial charge in [-0.1, -0.05) is 0 Å². The van der Waals surface area contributed by atoms with Crippen LogP contribution >= 0.6 is 0 Å². The fourth-order valence-corrected chi connectivity index (χ4v) is 3.03. The van der Waals surface area contributed by atoms with Gasteiger partial charge in [0.15, 0.2) is 15.7 Å². The molecule has 3 aromatic rings. The van der Waals surface area contributed by atoms with Gasteiger partial charge in [0.1, 0.15) is 11.4 Å². The van der Waals surface area contributed by atoms with Crippen LogP contribution in [-0.2, 0) is 14.6 Å². The molecule has 0 saturated heterocycles. The number of aryl methyl sites for hydroxylation is 1. The molecule has 0 fully saturated rings. The first kappa shape index (κ1) is 25.5. The highest BCUT2D eigenvalue weighted by atomic mass is 32.2. The number of H-pyrrole nitrogens is 1. The maximum Gasteiger partial charge on any atom is 0.490 e. The number of amides is 1. The summed E-state index contributed by atoms with van der Waals surface area (Å²) in [6.07, 6.45) is 0.538. The fourth-order valence-electron chi connectivity index (χ4n) is 2.44. The molecule has 176 valence electrons. The van der Waals surface area contributed by atoms with Crippen LogP contribution in [0.3, 0.4) is 0 Å². The summed E-state index contributed by atoms with van der Waals surface area (Å²) in [6.45, 7) is 1.75. The van der Waals surface area contributed by atoms with Crippen molar-refractivity contribution in [2.75, 3.05) is 13.3 Å². The molecular formula is C19H18F3N5O5S. The van der Waals surface area contributed by atoms with Crippen LogP contribution in [0.15, 0.2) is 41.7 Å². The predicted molar refractivity (Wildman–Crippen MR) is 110 cm³/mol. The molecule has 1 amide bonds. The SMILES string of the molecule is CNC(=O)c1nc(-c2cc(-c3cncc(S(C)(=O)=O)c3)ccn2)[nH]c1C.O=C(O)C(F)(F)F. The summed E-state index contributed by atoms with van der Waals surface area (Å²) in [7, 11) is -1.81. The van der Waals surface area contributed by atoms with E-state index in [0.717, 1.165) is 11.8 Å². The quantitative estimate of drug-likeness (QED) is 0.508. The smallest absolute Gasteiger partial charge is 0.475 e. The molecule has 0 saturated carbocycles. The van der Waals surface area contributed by atoms with Crippen LogP contribution in [0.1, 0.15) is 16.2 Å². The van der Waals surface area contributed by atoms with Crippen molar-refractivity contribution < 1.29 is 36.3 Å². The van der Waals surface area contributed by atoms with Crippen LogP contribution in [0.5, 0.6) is 0 Å². The lowest BCUT2D eigenvalue weighted by molar-refractivity contribution is -0.192. The zero-order valence-electron chi connectivity index (χ0n) is 17.4. The van der Waals surface area contributed by atoms with Gasteiger partial charge in [-0.2, -0.15) is 13.2 Å². The second-order valence-electron chi connectivity index (χ2n) is 6.55. The number of hydrogen-bond donors (Lipinski definition) is 3. The molecule has 0 aliphatic carbocycles. The van der Waals surface area contributed by atoms with E-state index in [1.165, 1.54) is 13.2 Å². The van der Waals surface area contributed by atoms with Gasteiger partial charge in [-0.3, -0.25) is 14.8 Å². The first-order chi connectivity index (χ1) is 15.2. The van der Waals surface area contributed by atoms with Crippen LogP contribution in [0.25, 0.3) is 22.6 Å². The number of carboxylic acid groups (broad SMARTS) is 1. The standard InChI is InChI=1S/C17H17N5O3S.C2HF3O2/c1-10-15(17(23)18-2)22-16(21-10)14-7-11(4-5-20-14)12-6-13(9-19-8-12)26(3,24)25;3-2(4,5)1(6)7/h4-9H,1-3H3,(H,18,23)(H,21,22);(H,6,7). The number of nitrogens with one attached hydrogen (secondary N) is 2. The molecule has 0 aromatic carbocycles. The molecule has 0 atom stereocenters. The van der Waals surface area contributed by atoms with Crippen molar-refractivity contribution >= 4 is 21.7 Å². The zero-order valence-corrected chi connectivity index (χ0v) is 18.2. The monoisotopic (exact) mass is 485 g/mol. The molecule has 14 heteroatoms. The Morgan fingerprint density at radius 3 is 2.33 bits per heavy atom. The van der Waals surface area contributed by atoms with Gasteiger partial charge in [-0.15, -0.1) is 0 Å². The summed E-state index contributed by atoms with van der Waals surface area (Å²) in [5.74, 6) is -2.59. The van der Waals surface area contributed by atoms with Crippen molar-refractivity contribution in [1.82, 2.24) is 25.3 Å². The lowest BCUT2D eigenvalue weighted by Gasteiger charge is -2.05. The number of nitrogens with zero attached hydrogens (tertiary/aromatic N) is 3. The Morgan fingerprint density at radius 1 is 1.15 bits per heavy atom. The maximum atomic E-state index is 11.8. The third-order valence-corrected chi connectivity index (χ3v) is 5.13. The lowest BCUT2D eigenvalue weighted by atomic mass is 10.1. The molecule has 3 N–H and O–H groups in total. The Labute approximate surface area is 185 Å². The van der Waals surface area contributed by atoms with Crippen LogP contribution in [0.4, 0.5) is 13.2 Å². The van der Waals surface area contributed by atoms with Crippen LogP contribution in [-0.4, -0.2) is 64.8 Å². The van der Waals surface area contributed by atoms with Crippen LogP contribution in [0, 0.1) is 6.92 Å². The van der Waals surface area contributed by atoms with Gasteiger partial charge >= 0.3 is 12.1 Å². The molecule has 3 aromatic heterocycles. The Hall–Kier alpha value is -3.81. The molecule has 0 unspecified atom stereocenters. The molecule has 0 aliphatic rings. The molecule has 3 heterocycles. The number of rotatable bonds is 4. The molecule has 0 radical (unpaired) electrons. The molecule has 33 heavy (non-hydrogen) atoms. The summed E-state index contributed by atoms with van der Waals surface area (Å²) < 4.78 is 55.2. The summed E-state index contributed by atoms with van der Waals surface area (Å²) in [5.41, 5.74) is 2.85. The van der Waals surface area contributed by atoms with Crippen molar-refractivity contribution in [3.8, 4) is 22.6 Å². The predicted octanol–water partition coefficient (Wildman–Crippen LogP) is 2.24. The minimum Gasteiger partial charge on any atom is -0.475 e. The number of aromatic amines is 1. The number of carboxylic acids is 1. The highest BCUT2D eigenvalue weighted by Crippen LogP contribution is 2.25. The van der Waals surface area contributed by atoms with Gasteiger partial charge in [-0.05, 0) is 30.7 Å². The Morgan fingerprint density at radius 2 is 1.79 bits per heavy atom. The number of carbonyl (C=O) groups excluding carboxylic acids is 1. The number of aliphatic carboxylic acids is 1. The number of imidazole rings is 1. The van der Waals surface area contributed by atoms with Crippen molar-refractivity contribution in [3.63, 3.8) is 0 Å². The molecule has 3 rings (SSSR count). The summed E-state index contributed by atoms with van der Waals surface area (Å²) in [5, 5.41) is 9.66. The average Bonchev–Trinajstić information content (AvgIpc) is 3.14. The Bertz CT molecular complexity index is 1290. The number of aromatic nitrogens is 4. The number of sulfone groups is 1. The van der Waals surface area contributed by atoms with Gasteiger partial charge < -0.3 is 15.4 Å². The van der Waals surface area contributed by atoms with Gasteiger partial charge in [0, 0.05) is 43.2 Å². The number of carbonyl (C=O) groups is 2. The van der Waals surface area contributed by atoms with Crippen molar-refractivity contribution in [2.45, 2.75) is 18.0 Å². The largest absolute Gasteiger partial charge is 0.490 e. The van der Waals surface area contributed by atoms with Crippen molar-refractivity contribution in [2.24, 2.45) is 0 Å². The fraction of sp³-hybridized carbons (Fsp3) is 0.211. The van der Waals surface area contributed by atoms with Gasteiger partial charge in [0.05, 0.1) is 4.90 Å². The van der Waals surface area contributed by atoms with E-state index in [9.17, 15) is 26.4 Å². The molecule has 0 bridgehead atoms. The number of halogens is 3. The van der Waals surface area contributed by atoms with E-state index in [1.807, 2.05) is 0 Å². The normalized spacial score (nSPS) is 11.3. The molecule has 10 nitrogen and oxygen atoms in total. The van der Waals surface area contributed by atoms with E-state index in [-0.39, 0.29) is 10.8 Å². The maximum absolute atomic E-state index is 11.8. The highest BCUT2D eigenvalue weighted by Gasteiger charge is 2.38. The summed E-state index contributed by atoms with van der Waals surface area (Å²) in [6, 6.07) is 5.07. The second-order valence-corrected chi connectivity index (χ2v) is 8.57. The van der Waals surface area contributed by atoms with E-state index in [4.69, 9.17) is 9.90 Å². The lowest BCUT2D eigenvalue weighted by Crippen LogP contribution is -2.21. The third kappa shape index (κ3) is 6.58. The first-order valence-corrected chi connectivity index (χ1v) is 10.8. The van der Waals surface area contributed by atoms with Crippen LogP contribution < -0.4 is 5.32 Å².